The molecule has 0 saturated carbocycles. The maximum Gasteiger partial charge on any atom is 0.222 e. The van der Waals surface area contributed by atoms with E-state index in [-0.39, 0.29) is 5.91 Å². The molecule has 0 aliphatic rings. The Bertz CT molecular complexity index is 311. The normalized spacial score (nSPS) is 10.3. The van der Waals surface area contributed by atoms with Crippen LogP contribution in [0.25, 0.3) is 0 Å². The summed E-state index contributed by atoms with van der Waals surface area (Å²) in [5.74, 6) is -0.00778. The minimum absolute atomic E-state index is 0.00778. The summed E-state index contributed by atoms with van der Waals surface area (Å²) in [4.78, 5) is 10.8. The molecule has 0 fully saturated rings. The van der Waals surface area contributed by atoms with Crippen LogP contribution in [-0.2, 0) is 16.1 Å². The minimum Gasteiger partial charge on any atom is -0.379 e. The lowest BCUT2D eigenvalue weighted by Crippen LogP contribution is -2.20. The SMILES string of the molecule is CNC(=O)CCOCCn1cc(C)nn1. The molecule has 1 heterocycles. The van der Waals surface area contributed by atoms with Crippen LogP contribution in [0.1, 0.15) is 12.1 Å². The van der Waals surface area contributed by atoms with Crippen LogP contribution in [0.4, 0.5) is 0 Å². The van der Waals surface area contributed by atoms with Gasteiger partial charge in [0.2, 0.25) is 5.91 Å². The maximum atomic E-state index is 10.8. The van der Waals surface area contributed by atoms with Crippen molar-refractivity contribution in [3.8, 4) is 0 Å². The van der Waals surface area contributed by atoms with Crippen molar-refractivity contribution >= 4 is 5.91 Å². The Morgan fingerprint density at radius 3 is 3.00 bits per heavy atom. The van der Waals surface area contributed by atoms with E-state index in [1.165, 1.54) is 0 Å². The van der Waals surface area contributed by atoms with Gasteiger partial charge in [0.25, 0.3) is 0 Å². The van der Waals surface area contributed by atoms with Gasteiger partial charge in [0.05, 0.1) is 25.5 Å². The van der Waals surface area contributed by atoms with Gasteiger partial charge in [-0.15, -0.1) is 5.10 Å². The molecule has 1 rings (SSSR count). The molecular weight excluding hydrogens is 196 g/mol. The standard InChI is InChI=1S/C9H16N4O2/c1-8-7-13(12-11-8)4-6-15-5-3-9(14)10-2/h7H,3-6H2,1-2H3,(H,10,14). The van der Waals surface area contributed by atoms with Crippen molar-refractivity contribution in [3.63, 3.8) is 0 Å². The van der Waals surface area contributed by atoms with Crippen LogP contribution in [0, 0.1) is 6.92 Å². The molecule has 1 N–H and O–H groups in total. The number of nitrogens with one attached hydrogen (secondary N) is 1. The van der Waals surface area contributed by atoms with Gasteiger partial charge in [-0.2, -0.15) is 0 Å². The molecule has 15 heavy (non-hydrogen) atoms. The average Bonchev–Trinajstić information content (AvgIpc) is 2.63. The number of amides is 1. The van der Waals surface area contributed by atoms with Crippen molar-refractivity contribution in [3.05, 3.63) is 11.9 Å². The zero-order chi connectivity index (χ0) is 11.1. The number of nitrogens with zero attached hydrogens (tertiary/aromatic N) is 3. The van der Waals surface area contributed by atoms with Gasteiger partial charge < -0.3 is 10.1 Å². The van der Waals surface area contributed by atoms with Gasteiger partial charge in [0.15, 0.2) is 0 Å². The minimum atomic E-state index is -0.00778. The van der Waals surface area contributed by atoms with Crippen LogP contribution < -0.4 is 5.32 Å². The van der Waals surface area contributed by atoms with E-state index in [9.17, 15) is 4.79 Å². The molecular formula is C9H16N4O2. The van der Waals surface area contributed by atoms with Gasteiger partial charge in [0, 0.05) is 19.7 Å². The summed E-state index contributed by atoms with van der Waals surface area (Å²) in [6, 6.07) is 0. The van der Waals surface area contributed by atoms with Gasteiger partial charge in [0.1, 0.15) is 0 Å². The predicted molar refractivity (Wildman–Crippen MR) is 54.3 cm³/mol. The smallest absolute Gasteiger partial charge is 0.222 e. The topological polar surface area (TPSA) is 69.0 Å². The molecule has 0 unspecified atom stereocenters. The van der Waals surface area contributed by atoms with E-state index in [4.69, 9.17) is 4.74 Å². The van der Waals surface area contributed by atoms with Crippen molar-refractivity contribution in [2.75, 3.05) is 20.3 Å². The highest BCUT2D eigenvalue weighted by Crippen LogP contribution is 1.90. The molecule has 6 heteroatoms. The Kier molecular flexibility index (Phi) is 4.76. The van der Waals surface area contributed by atoms with E-state index in [1.807, 2.05) is 13.1 Å². The van der Waals surface area contributed by atoms with Crippen molar-refractivity contribution in [2.45, 2.75) is 19.9 Å². The fourth-order valence-electron chi connectivity index (χ4n) is 1.05. The monoisotopic (exact) mass is 212 g/mol. The number of ether oxygens (including phenoxy) is 1. The zero-order valence-electron chi connectivity index (χ0n) is 9.06. The second-order valence-corrected chi connectivity index (χ2v) is 3.16. The van der Waals surface area contributed by atoms with Crippen LogP contribution in [0.15, 0.2) is 6.20 Å². The Balaban J connectivity index is 2.05. The summed E-state index contributed by atoms with van der Waals surface area (Å²) >= 11 is 0. The van der Waals surface area contributed by atoms with E-state index >= 15 is 0 Å². The first-order valence-electron chi connectivity index (χ1n) is 4.87. The van der Waals surface area contributed by atoms with E-state index in [2.05, 4.69) is 15.6 Å². The number of carbonyl (C=O) groups is 1. The van der Waals surface area contributed by atoms with E-state index in [0.717, 1.165) is 5.69 Å². The molecule has 1 amide bonds. The molecule has 1 aromatic rings. The fourth-order valence-corrected chi connectivity index (χ4v) is 1.05. The first-order valence-corrected chi connectivity index (χ1v) is 4.87. The molecule has 0 aromatic carbocycles. The highest BCUT2D eigenvalue weighted by Gasteiger charge is 1.98. The number of aromatic nitrogens is 3. The van der Waals surface area contributed by atoms with Crippen molar-refractivity contribution in [1.29, 1.82) is 0 Å². The molecule has 0 spiro atoms. The summed E-state index contributed by atoms with van der Waals surface area (Å²) in [5, 5.41) is 10.3. The molecule has 0 saturated heterocycles. The molecule has 0 aliphatic heterocycles. The Morgan fingerprint density at radius 1 is 1.60 bits per heavy atom. The molecule has 0 bridgehead atoms. The molecule has 84 valence electrons. The molecule has 0 aliphatic carbocycles. The van der Waals surface area contributed by atoms with E-state index in [0.29, 0.717) is 26.2 Å². The summed E-state index contributed by atoms with van der Waals surface area (Å²) < 4.78 is 6.99. The number of hydrogen-bond donors (Lipinski definition) is 1. The maximum absolute atomic E-state index is 10.8. The summed E-state index contributed by atoms with van der Waals surface area (Å²) in [5.41, 5.74) is 0.889. The number of rotatable bonds is 6. The van der Waals surface area contributed by atoms with Gasteiger partial charge in [-0.25, -0.2) is 4.68 Å². The van der Waals surface area contributed by atoms with Crippen LogP contribution >= 0.6 is 0 Å². The first-order chi connectivity index (χ1) is 7.22. The highest BCUT2D eigenvalue weighted by atomic mass is 16.5. The largest absolute Gasteiger partial charge is 0.379 e. The fraction of sp³-hybridized carbons (Fsp3) is 0.667. The predicted octanol–water partition coefficient (Wildman–Crippen LogP) is -0.261. The quantitative estimate of drug-likeness (QED) is 0.659. The second kappa shape index (κ2) is 6.13. The summed E-state index contributed by atoms with van der Waals surface area (Å²) in [6.07, 6.45) is 2.25. The summed E-state index contributed by atoms with van der Waals surface area (Å²) in [7, 11) is 1.61. The first kappa shape index (κ1) is 11.6. The van der Waals surface area contributed by atoms with Crippen LogP contribution in [0.3, 0.4) is 0 Å². The summed E-state index contributed by atoms with van der Waals surface area (Å²) in [6.45, 7) is 3.53. The Labute approximate surface area is 88.6 Å². The van der Waals surface area contributed by atoms with E-state index in [1.54, 1.807) is 11.7 Å². The van der Waals surface area contributed by atoms with Gasteiger partial charge >= 0.3 is 0 Å². The third-order valence-electron chi connectivity index (χ3n) is 1.87. The van der Waals surface area contributed by atoms with Crippen LogP contribution in [-0.4, -0.2) is 41.2 Å². The average molecular weight is 212 g/mol. The lowest BCUT2D eigenvalue weighted by molar-refractivity contribution is -0.121. The van der Waals surface area contributed by atoms with Crippen molar-refractivity contribution < 1.29 is 9.53 Å². The van der Waals surface area contributed by atoms with Gasteiger partial charge in [-0.3, -0.25) is 4.79 Å². The Morgan fingerprint density at radius 2 is 2.40 bits per heavy atom. The molecule has 0 radical (unpaired) electrons. The highest BCUT2D eigenvalue weighted by molar-refractivity contribution is 5.75. The zero-order valence-corrected chi connectivity index (χ0v) is 9.06. The molecule has 0 atom stereocenters. The molecule has 6 nitrogen and oxygen atoms in total. The van der Waals surface area contributed by atoms with Gasteiger partial charge in [-0.1, -0.05) is 5.21 Å². The van der Waals surface area contributed by atoms with Crippen molar-refractivity contribution in [1.82, 2.24) is 20.3 Å². The van der Waals surface area contributed by atoms with E-state index < -0.39 is 0 Å². The van der Waals surface area contributed by atoms with Gasteiger partial charge in [-0.05, 0) is 6.92 Å². The lowest BCUT2D eigenvalue weighted by atomic mass is 10.4. The number of hydrogen-bond acceptors (Lipinski definition) is 4. The third-order valence-corrected chi connectivity index (χ3v) is 1.87. The number of carbonyl (C=O) groups excluding carboxylic acids is 1. The Hall–Kier alpha value is -1.43. The second-order valence-electron chi connectivity index (χ2n) is 3.16. The van der Waals surface area contributed by atoms with Crippen LogP contribution in [0.2, 0.25) is 0 Å². The number of aryl methyl sites for hydroxylation is 1. The lowest BCUT2D eigenvalue weighted by Gasteiger charge is -2.03. The molecule has 1 aromatic heterocycles. The van der Waals surface area contributed by atoms with Crippen molar-refractivity contribution in [2.24, 2.45) is 0 Å². The third kappa shape index (κ3) is 4.55. The van der Waals surface area contributed by atoms with Crippen LogP contribution in [0.5, 0.6) is 0 Å².